The number of hydrogen-bond acceptors (Lipinski definition) is 3. The van der Waals surface area contributed by atoms with E-state index in [1.165, 1.54) is 12.3 Å². The molecule has 0 aliphatic heterocycles. The SMILES string of the molecule is Cc1ncccc1C(O)c1ccncc1F. The lowest BCUT2D eigenvalue weighted by Gasteiger charge is -2.13. The Bertz CT molecular complexity index is 456. The van der Waals surface area contributed by atoms with E-state index in [1.807, 2.05) is 0 Å². The maximum absolute atomic E-state index is 13.4. The fraction of sp³-hybridized carbons (Fsp3) is 0.167. The van der Waals surface area contributed by atoms with Crippen molar-refractivity contribution < 1.29 is 9.50 Å². The van der Waals surface area contributed by atoms with Crippen molar-refractivity contribution in [2.45, 2.75) is 13.0 Å². The maximum Gasteiger partial charge on any atom is 0.147 e. The molecule has 0 aliphatic carbocycles. The van der Waals surface area contributed by atoms with E-state index in [4.69, 9.17) is 0 Å². The Kier molecular flexibility index (Phi) is 2.92. The summed E-state index contributed by atoms with van der Waals surface area (Å²) < 4.78 is 13.4. The molecule has 2 aromatic heterocycles. The summed E-state index contributed by atoms with van der Waals surface area (Å²) in [6.45, 7) is 1.78. The summed E-state index contributed by atoms with van der Waals surface area (Å²) in [6.07, 6.45) is 3.17. The molecule has 0 fully saturated rings. The van der Waals surface area contributed by atoms with Gasteiger partial charge in [-0.15, -0.1) is 0 Å². The molecule has 0 aromatic carbocycles. The normalized spacial score (nSPS) is 12.4. The van der Waals surface area contributed by atoms with Crippen molar-refractivity contribution in [3.05, 3.63) is 59.4 Å². The lowest BCUT2D eigenvalue weighted by atomic mass is 10.0. The van der Waals surface area contributed by atoms with Crippen molar-refractivity contribution in [3.63, 3.8) is 0 Å². The van der Waals surface area contributed by atoms with E-state index in [9.17, 15) is 9.50 Å². The van der Waals surface area contributed by atoms with Gasteiger partial charge in [-0.05, 0) is 19.1 Å². The predicted molar refractivity (Wildman–Crippen MR) is 57.2 cm³/mol. The second kappa shape index (κ2) is 4.37. The van der Waals surface area contributed by atoms with E-state index in [-0.39, 0.29) is 5.56 Å². The number of aliphatic hydroxyl groups is 1. The molecule has 2 rings (SSSR count). The molecule has 0 amide bonds. The Balaban J connectivity index is 2.44. The fourth-order valence-electron chi connectivity index (χ4n) is 1.56. The number of aliphatic hydroxyl groups excluding tert-OH is 1. The zero-order valence-electron chi connectivity index (χ0n) is 8.76. The highest BCUT2D eigenvalue weighted by atomic mass is 19.1. The van der Waals surface area contributed by atoms with E-state index in [0.717, 1.165) is 6.20 Å². The van der Waals surface area contributed by atoms with E-state index in [1.54, 1.807) is 25.3 Å². The van der Waals surface area contributed by atoms with Crippen LogP contribution in [-0.4, -0.2) is 15.1 Å². The monoisotopic (exact) mass is 218 g/mol. The molecule has 1 N–H and O–H groups in total. The van der Waals surface area contributed by atoms with Gasteiger partial charge in [0.1, 0.15) is 11.9 Å². The second-order valence-corrected chi connectivity index (χ2v) is 3.48. The summed E-state index contributed by atoms with van der Waals surface area (Å²) in [7, 11) is 0. The smallest absolute Gasteiger partial charge is 0.147 e. The zero-order valence-corrected chi connectivity index (χ0v) is 8.76. The van der Waals surface area contributed by atoms with Gasteiger partial charge in [0.2, 0.25) is 0 Å². The molecule has 3 nitrogen and oxygen atoms in total. The van der Waals surface area contributed by atoms with Gasteiger partial charge in [0.15, 0.2) is 0 Å². The maximum atomic E-state index is 13.4. The van der Waals surface area contributed by atoms with Gasteiger partial charge >= 0.3 is 0 Å². The number of rotatable bonds is 2. The van der Waals surface area contributed by atoms with Crippen LogP contribution in [0.1, 0.15) is 22.9 Å². The van der Waals surface area contributed by atoms with Gasteiger partial charge < -0.3 is 5.11 Å². The highest BCUT2D eigenvalue weighted by molar-refractivity contribution is 5.31. The average Bonchev–Trinajstić information content (AvgIpc) is 2.29. The van der Waals surface area contributed by atoms with E-state index in [0.29, 0.717) is 11.3 Å². The van der Waals surface area contributed by atoms with Crippen LogP contribution in [0.15, 0.2) is 36.8 Å². The molecular weight excluding hydrogens is 207 g/mol. The standard InChI is InChI=1S/C12H11FN2O/c1-8-9(3-2-5-15-8)12(16)10-4-6-14-7-11(10)13/h2-7,12,16H,1H3. The highest BCUT2D eigenvalue weighted by Crippen LogP contribution is 2.24. The Labute approximate surface area is 92.6 Å². The van der Waals surface area contributed by atoms with Crippen molar-refractivity contribution in [1.82, 2.24) is 9.97 Å². The summed E-state index contributed by atoms with van der Waals surface area (Å²) in [5.74, 6) is -0.516. The lowest BCUT2D eigenvalue weighted by molar-refractivity contribution is 0.213. The molecular formula is C12H11FN2O. The minimum absolute atomic E-state index is 0.214. The van der Waals surface area contributed by atoms with Crippen molar-refractivity contribution in [1.29, 1.82) is 0 Å². The quantitative estimate of drug-likeness (QED) is 0.838. The van der Waals surface area contributed by atoms with Crippen LogP contribution in [0.4, 0.5) is 4.39 Å². The molecule has 1 atom stereocenters. The minimum Gasteiger partial charge on any atom is -0.383 e. The lowest BCUT2D eigenvalue weighted by Crippen LogP contribution is -2.05. The van der Waals surface area contributed by atoms with E-state index >= 15 is 0 Å². The molecule has 82 valence electrons. The van der Waals surface area contributed by atoms with E-state index < -0.39 is 11.9 Å². The minimum atomic E-state index is -1.00. The second-order valence-electron chi connectivity index (χ2n) is 3.48. The first kappa shape index (κ1) is 10.7. The van der Waals surface area contributed by atoms with Crippen LogP contribution in [0.2, 0.25) is 0 Å². The number of pyridine rings is 2. The zero-order chi connectivity index (χ0) is 11.5. The molecule has 1 unspecified atom stereocenters. The van der Waals surface area contributed by atoms with Gasteiger partial charge in [0.05, 0.1) is 6.20 Å². The molecule has 0 spiro atoms. The van der Waals surface area contributed by atoms with Crippen molar-refractivity contribution in [3.8, 4) is 0 Å². The molecule has 0 bridgehead atoms. The highest BCUT2D eigenvalue weighted by Gasteiger charge is 2.16. The van der Waals surface area contributed by atoms with Crippen LogP contribution in [0.3, 0.4) is 0 Å². The average molecular weight is 218 g/mol. The molecule has 4 heteroatoms. The fourth-order valence-corrected chi connectivity index (χ4v) is 1.56. The Morgan fingerprint density at radius 3 is 2.75 bits per heavy atom. The summed E-state index contributed by atoms with van der Waals surface area (Å²) in [5.41, 5.74) is 1.50. The largest absolute Gasteiger partial charge is 0.383 e. The number of nitrogens with zero attached hydrogens (tertiary/aromatic N) is 2. The summed E-state index contributed by atoms with van der Waals surface area (Å²) in [6, 6.07) is 4.91. The summed E-state index contributed by atoms with van der Waals surface area (Å²) >= 11 is 0. The number of hydrogen-bond donors (Lipinski definition) is 1. The molecule has 2 heterocycles. The number of halogens is 1. The third kappa shape index (κ3) is 1.92. The van der Waals surface area contributed by atoms with Crippen LogP contribution in [0.25, 0.3) is 0 Å². The third-order valence-electron chi connectivity index (χ3n) is 2.44. The van der Waals surface area contributed by atoms with Crippen LogP contribution < -0.4 is 0 Å². The first-order valence-corrected chi connectivity index (χ1v) is 4.89. The Morgan fingerprint density at radius 1 is 1.25 bits per heavy atom. The Hall–Kier alpha value is -1.81. The van der Waals surface area contributed by atoms with Gasteiger partial charge in [0.25, 0.3) is 0 Å². The van der Waals surface area contributed by atoms with Crippen LogP contribution in [-0.2, 0) is 0 Å². The molecule has 0 aliphatic rings. The van der Waals surface area contributed by atoms with Gasteiger partial charge in [-0.3, -0.25) is 9.97 Å². The first-order valence-electron chi connectivity index (χ1n) is 4.89. The van der Waals surface area contributed by atoms with Crippen molar-refractivity contribution in [2.24, 2.45) is 0 Å². The van der Waals surface area contributed by atoms with Gasteiger partial charge in [-0.1, -0.05) is 6.07 Å². The topological polar surface area (TPSA) is 46.0 Å². The predicted octanol–water partition coefficient (Wildman–Crippen LogP) is 2.01. The third-order valence-corrected chi connectivity index (χ3v) is 2.44. The first-order chi connectivity index (χ1) is 7.70. The number of aryl methyl sites for hydroxylation is 1. The molecule has 16 heavy (non-hydrogen) atoms. The van der Waals surface area contributed by atoms with Crippen LogP contribution in [0.5, 0.6) is 0 Å². The molecule has 2 aromatic rings. The van der Waals surface area contributed by atoms with Gasteiger partial charge in [-0.25, -0.2) is 4.39 Å². The van der Waals surface area contributed by atoms with Crippen LogP contribution >= 0.6 is 0 Å². The van der Waals surface area contributed by atoms with Crippen molar-refractivity contribution >= 4 is 0 Å². The molecule has 0 radical (unpaired) electrons. The van der Waals surface area contributed by atoms with Crippen molar-refractivity contribution in [2.75, 3.05) is 0 Å². The van der Waals surface area contributed by atoms with Gasteiger partial charge in [0, 0.05) is 29.2 Å². The molecule has 0 saturated heterocycles. The summed E-state index contributed by atoms with van der Waals surface area (Å²) in [4.78, 5) is 7.70. The van der Waals surface area contributed by atoms with E-state index in [2.05, 4.69) is 9.97 Å². The number of aromatic nitrogens is 2. The van der Waals surface area contributed by atoms with Crippen LogP contribution in [0, 0.1) is 12.7 Å². The summed E-state index contributed by atoms with van der Waals surface area (Å²) in [5, 5.41) is 10.0. The molecule has 0 saturated carbocycles. The van der Waals surface area contributed by atoms with Gasteiger partial charge in [-0.2, -0.15) is 0 Å². The Morgan fingerprint density at radius 2 is 2.06 bits per heavy atom.